The summed E-state index contributed by atoms with van der Waals surface area (Å²) in [4.78, 5) is 6.09. The molecule has 2 rings (SSSR count). The molecule has 0 bridgehead atoms. The smallest absolute Gasteiger partial charge is 0.113 e. The van der Waals surface area contributed by atoms with Crippen molar-refractivity contribution in [2.45, 2.75) is 65.0 Å². The minimum absolute atomic E-state index is 0.0968. The summed E-state index contributed by atoms with van der Waals surface area (Å²) in [6.45, 7) is 8.84. The second-order valence-corrected chi connectivity index (χ2v) is 6.36. The van der Waals surface area contributed by atoms with Gasteiger partial charge in [0.25, 0.3) is 0 Å². The van der Waals surface area contributed by atoms with E-state index in [1.54, 1.807) is 0 Å². The first-order valence-corrected chi connectivity index (χ1v) is 7.09. The van der Waals surface area contributed by atoms with Crippen molar-refractivity contribution in [3.05, 3.63) is 15.6 Å². The van der Waals surface area contributed by atoms with Gasteiger partial charge in [0.15, 0.2) is 0 Å². The van der Waals surface area contributed by atoms with E-state index in [2.05, 4.69) is 33.0 Å². The largest absolute Gasteiger partial charge is 0.303 e. The third-order valence-electron chi connectivity index (χ3n) is 3.35. The molecule has 0 radical (unpaired) electrons. The van der Waals surface area contributed by atoms with Crippen molar-refractivity contribution < 1.29 is 0 Å². The topological polar surface area (TPSA) is 24.9 Å². The first-order chi connectivity index (χ1) is 7.55. The summed E-state index contributed by atoms with van der Waals surface area (Å²) in [5, 5.41) is 5.05. The summed E-state index contributed by atoms with van der Waals surface area (Å²) in [5.41, 5.74) is 1.29. The van der Waals surface area contributed by atoms with Crippen LogP contribution < -0.4 is 5.32 Å². The number of nitrogens with one attached hydrogen (secondary N) is 1. The van der Waals surface area contributed by atoms with Gasteiger partial charge in [-0.2, -0.15) is 0 Å². The number of rotatable bonds is 5. The molecule has 1 heterocycles. The SMILES string of the molecule is CCCC(C)(NC1CC1)c1nc(C)c(C)s1. The molecule has 1 fully saturated rings. The van der Waals surface area contributed by atoms with Crippen molar-refractivity contribution >= 4 is 11.3 Å². The molecule has 0 aromatic carbocycles. The van der Waals surface area contributed by atoms with Gasteiger partial charge in [-0.3, -0.25) is 0 Å². The Hall–Kier alpha value is -0.410. The van der Waals surface area contributed by atoms with Crippen LogP contribution in [-0.2, 0) is 5.54 Å². The van der Waals surface area contributed by atoms with Crippen LogP contribution in [0.15, 0.2) is 0 Å². The van der Waals surface area contributed by atoms with E-state index in [1.165, 1.54) is 41.3 Å². The van der Waals surface area contributed by atoms with Gasteiger partial charge in [0.05, 0.1) is 11.2 Å². The Morgan fingerprint density at radius 2 is 2.12 bits per heavy atom. The van der Waals surface area contributed by atoms with E-state index < -0.39 is 0 Å². The van der Waals surface area contributed by atoms with Crippen LogP contribution in [0.5, 0.6) is 0 Å². The van der Waals surface area contributed by atoms with E-state index in [0.29, 0.717) is 0 Å². The minimum atomic E-state index is 0.0968. The van der Waals surface area contributed by atoms with E-state index in [4.69, 9.17) is 4.98 Å². The predicted octanol–water partition coefficient (Wildman–Crippen LogP) is 3.53. The molecular formula is C13H22N2S. The van der Waals surface area contributed by atoms with Gasteiger partial charge in [-0.05, 0) is 40.0 Å². The molecule has 1 N–H and O–H groups in total. The zero-order chi connectivity index (χ0) is 11.8. The lowest BCUT2D eigenvalue weighted by molar-refractivity contribution is 0.331. The molecule has 0 aliphatic heterocycles. The van der Waals surface area contributed by atoms with E-state index >= 15 is 0 Å². The fourth-order valence-electron chi connectivity index (χ4n) is 2.13. The highest BCUT2D eigenvalue weighted by Gasteiger charge is 2.35. The summed E-state index contributed by atoms with van der Waals surface area (Å²) < 4.78 is 0. The van der Waals surface area contributed by atoms with E-state index in [0.717, 1.165) is 6.04 Å². The van der Waals surface area contributed by atoms with Gasteiger partial charge in [-0.1, -0.05) is 13.3 Å². The molecule has 3 heteroatoms. The van der Waals surface area contributed by atoms with Crippen molar-refractivity contribution in [2.75, 3.05) is 0 Å². The van der Waals surface area contributed by atoms with Crippen LogP contribution in [0.2, 0.25) is 0 Å². The Kier molecular flexibility index (Phi) is 3.36. The standard InChI is InChI=1S/C13H22N2S/c1-5-8-13(4,15-11-6-7-11)12-14-9(2)10(3)16-12/h11,15H,5-8H2,1-4H3. The lowest BCUT2D eigenvalue weighted by atomic mass is 9.96. The van der Waals surface area contributed by atoms with Crippen LogP contribution in [0, 0.1) is 13.8 Å². The Bertz CT molecular complexity index is 349. The third-order valence-corrected chi connectivity index (χ3v) is 4.69. The number of hydrogen-bond donors (Lipinski definition) is 1. The molecule has 1 aromatic rings. The van der Waals surface area contributed by atoms with Gasteiger partial charge in [-0.25, -0.2) is 4.98 Å². The number of thiazole rings is 1. The molecule has 1 atom stereocenters. The number of aromatic nitrogens is 1. The maximum absolute atomic E-state index is 4.74. The normalized spacial score (nSPS) is 19.8. The predicted molar refractivity (Wildman–Crippen MR) is 70.0 cm³/mol. The van der Waals surface area contributed by atoms with Crippen molar-refractivity contribution in [3.63, 3.8) is 0 Å². The van der Waals surface area contributed by atoms with Gasteiger partial charge in [0, 0.05) is 10.9 Å². The second kappa shape index (κ2) is 4.46. The van der Waals surface area contributed by atoms with E-state index in [9.17, 15) is 0 Å². The molecule has 1 unspecified atom stereocenters. The van der Waals surface area contributed by atoms with Crippen LogP contribution >= 0.6 is 11.3 Å². The van der Waals surface area contributed by atoms with Gasteiger partial charge in [0.2, 0.25) is 0 Å². The average Bonchev–Trinajstić information content (AvgIpc) is 2.94. The minimum Gasteiger partial charge on any atom is -0.303 e. The summed E-state index contributed by atoms with van der Waals surface area (Å²) in [7, 11) is 0. The van der Waals surface area contributed by atoms with Gasteiger partial charge < -0.3 is 5.32 Å². The number of aryl methyl sites for hydroxylation is 2. The summed E-state index contributed by atoms with van der Waals surface area (Å²) in [5.74, 6) is 0. The second-order valence-electron chi connectivity index (χ2n) is 5.16. The lowest BCUT2D eigenvalue weighted by Gasteiger charge is -2.28. The Balaban J connectivity index is 2.22. The molecule has 16 heavy (non-hydrogen) atoms. The van der Waals surface area contributed by atoms with Crippen LogP contribution in [0.4, 0.5) is 0 Å². The summed E-state index contributed by atoms with van der Waals surface area (Å²) >= 11 is 1.86. The maximum Gasteiger partial charge on any atom is 0.113 e. The Morgan fingerprint density at radius 3 is 2.56 bits per heavy atom. The fraction of sp³-hybridized carbons (Fsp3) is 0.769. The molecule has 2 nitrogen and oxygen atoms in total. The van der Waals surface area contributed by atoms with Crippen molar-refractivity contribution in [1.29, 1.82) is 0 Å². The average molecular weight is 238 g/mol. The summed E-state index contributed by atoms with van der Waals surface area (Å²) in [6, 6.07) is 0.737. The van der Waals surface area contributed by atoms with Gasteiger partial charge in [0.1, 0.15) is 5.01 Å². The third kappa shape index (κ3) is 2.46. The zero-order valence-corrected chi connectivity index (χ0v) is 11.6. The van der Waals surface area contributed by atoms with Crippen molar-refractivity contribution in [3.8, 4) is 0 Å². The highest BCUT2D eigenvalue weighted by Crippen LogP contribution is 2.34. The van der Waals surface area contributed by atoms with Crippen LogP contribution in [0.3, 0.4) is 0 Å². The molecule has 0 spiro atoms. The van der Waals surface area contributed by atoms with Crippen molar-refractivity contribution in [2.24, 2.45) is 0 Å². The molecule has 1 saturated carbocycles. The molecule has 0 amide bonds. The summed E-state index contributed by atoms with van der Waals surface area (Å²) in [6.07, 6.45) is 5.05. The highest BCUT2D eigenvalue weighted by molar-refractivity contribution is 7.11. The van der Waals surface area contributed by atoms with E-state index in [-0.39, 0.29) is 5.54 Å². The first-order valence-electron chi connectivity index (χ1n) is 6.27. The monoisotopic (exact) mass is 238 g/mol. The molecule has 1 aromatic heterocycles. The fourth-order valence-corrected chi connectivity index (χ4v) is 3.18. The zero-order valence-electron chi connectivity index (χ0n) is 10.8. The first kappa shape index (κ1) is 12.1. The molecule has 1 aliphatic rings. The van der Waals surface area contributed by atoms with Crippen LogP contribution in [-0.4, -0.2) is 11.0 Å². The molecular weight excluding hydrogens is 216 g/mol. The lowest BCUT2D eigenvalue weighted by Crippen LogP contribution is -2.40. The number of hydrogen-bond acceptors (Lipinski definition) is 3. The van der Waals surface area contributed by atoms with Gasteiger partial charge in [-0.15, -0.1) is 11.3 Å². The van der Waals surface area contributed by atoms with Crippen LogP contribution in [0.25, 0.3) is 0 Å². The van der Waals surface area contributed by atoms with Crippen molar-refractivity contribution in [1.82, 2.24) is 10.3 Å². The van der Waals surface area contributed by atoms with E-state index in [1.807, 2.05) is 11.3 Å². The van der Waals surface area contributed by atoms with Crippen LogP contribution in [0.1, 0.15) is 55.1 Å². The quantitative estimate of drug-likeness (QED) is 0.849. The Labute approximate surface area is 102 Å². The molecule has 0 saturated heterocycles. The highest BCUT2D eigenvalue weighted by atomic mass is 32.1. The molecule has 1 aliphatic carbocycles. The molecule has 90 valence electrons. The van der Waals surface area contributed by atoms with Gasteiger partial charge >= 0.3 is 0 Å². The number of nitrogens with zero attached hydrogens (tertiary/aromatic N) is 1. The maximum atomic E-state index is 4.74. The Morgan fingerprint density at radius 1 is 1.44 bits per heavy atom.